The fourth-order valence-electron chi connectivity index (χ4n) is 1.93. The third-order valence-electron chi connectivity index (χ3n) is 2.82. The van der Waals surface area contributed by atoms with Crippen LogP contribution in [0.25, 0.3) is 0 Å². The molecular weight excluding hydrogens is 222 g/mol. The first kappa shape index (κ1) is 15.0. The second kappa shape index (κ2) is 7.37. The summed E-state index contributed by atoms with van der Waals surface area (Å²) >= 11 is 0. The van der Waals surface area contributed by atoms with Crippen LogP contribution in [0.4, 0.5) is 5.69 Å². The summed E-state index contributed by atoms with van der Waals surface area (Å²) < 4.78 is 0. The molecule has 0 aliphatic rings. The van der Waals surface area contributed by atoms with E-state index in [1.54, 1.807) is 0 Å². The summed E-state index contributed by atoms with van der Waals surface area (Å²) in [5, 5.41) is 3.41. The maximum atomic E-state index is 4.42. The Bertz CT molecular complexity index is 347. The number of nitrogens with zero attached hydrogens (tertiary/aromatic N) is 2. The molecule has 1 heterocycles. The van der Waals surface area contributed by atoms with Crippen LogP contribution in [0, 0.1) is 5.92 Å². The summed E-state index contributed by atoms with van der Waals surface area (Å²) in [6.45, 7) is 14.0. The van der Waals surface area contributed by atoms with Gasteiger partial charge in [0.05, 0.1) is 5.69 Å². The fraction of sp³-hybridized carbons (Fsp3) is 0.667. The van der Waals surface area contributed by atoms with Crippen LogP contribution in [0.5, 0.6) is 0 Å². The van der Waals surface area contributed by atoms with Crippen molar-refractivity contribution in [3.8, 4) is 0 Å². The van der Waals surface area contributed by atoms with E-state index >= 15 is 0 Å². The van der Waals surface area contributed by atoms with Crippen molar-refractivity contribution in [1.82, 2.24) is 10.3 Å². The normalized spacial score (nSPS) is 11.3. The zero-order valence-corrected chi connectivity index (χ0v) is 12.4. The van der Waals surface area contributed by atoms with Gasteiger partial charge in [-0.25, -0.2) is 0 Å². The van der Waals surface area contributed by atoms with E-state index in [1.807, 2.05) is 6.20 Å². The van der Waals surface area contributed by atoms with Gasteiger partial charge in [0.2, 0.25) is 0 Å². The maximum absolute atomic E-state index is 4.42. The molecule has 0 bridgehead atoms. The largest absolute Gasteiger partial charge is 0.371 e. The highest BCUT2D eigenvalue weighted by molar-refractivity contribution is 5.46. The van der Waals surface area contributed by atoms with Crippen LogP contribution in [0.1, 0.15) is 40.3 Å². The van der Waals surface area contributed by atoms with Crippen LogP contribution in [-0.4, -0.2) is 24.1 Å². The van der Waals surface area contributed by atoms with Gasteiger partial charge < -0.3 is 10.2 Å². The molecule has 0 aliphatic heterocycles. The molecule has 0 aromatic carbocycles. The van der Waals surface area contributed by atoms with Crippen molar-refractivity contribution >= 4 is 5.69 Å². The molecule has 3 nitrogen and oxygen atoms in total. The Hall–Kier alpha value is -1.09. The summed E-state index contributed by atoms with van der Waals surface area (Å²) in [5.74, 6) is 0.676. The molecule has 1 rings (SSSR count). The number of anilines is 1. The van der Waals surface area contributed by atoms with Crippen molar-refractivity contribution in [2.75, 3.05) is 18.0 Å². The van der Waals surface area contributed by atoms with Crippen LogP contribution in [0.2, 0.25) is 0 Å². The molecule has 0 unspecified atom stereocenters. The SMILES string of the molecule is CCN(CC(C)C)c1ccnc(CNC(C)C)c1. The van der Waals surface area contributed by atoms with Crippen LogP contribution in [0.3, 0.4) is 0 Å². The summed E-state index contributed by atoms with van der Waals surface area (Å²) in [7, 11) is 0. The smallest absolute Gasteiger partial charge is 0.0562 e. The second-order valence-corrected chi connectivity index (χ2v) is 5.47. The maximum Gasteiger partial charge on any atom is 0.0562 e. The molecule has 0 saturated carbocycles. The summed E-state index contributed by atoms with van der Waals surface area (Å²) in [6, 6.07) is 4.79. The molecule has 3 heteroatoms. The van der Waals surface area contributed by atoms with Gasteiger partial charge in [-0.3, -0.25) is 4.98 Å². The zero-order chi connectivity index (χ0) is 13.5. The Morgan fingerprint density at radius 1 is 1.28 bits per heavy atom. The average molecular weight is 249 g/mol. The van der Waals surface area contributed by atoms with Crippen LogP contribution >= 0.6 is 0 Å². The zero-order valence-electron chi connectivity index (χ0n) is 12.4. The van der Waals surface area contributed by atoms with Gasteiger partial charge in [-0.1, -0.05) is 27.7 Å². The molecule has 0 amide bonds. The van der Waals surface area contributed by atoms with E-state index in [2.05, 4.69) is 62.0 Å². The second-order valence-electron chi connectivity index (χ2n) is 5.47. The number of hydrogen-bond acceptors (Lipinski definition) is 3. The Kier molecular flexibility index (Phi) is 6.13. The first-order chi connectivity index (χ1) is 8.52. The third kappa shape index (κ3) is 5.05. The first-order valence-electron chi connectivity index (χ1n) is 6.96. The molecule has 18 heavy (non-hydrogen) atoms. The predicted octanol–water partition coefficient (Wildman–Crippen LogP) is 3.06. The monoisotopic (exact) mass is 249 g/mol. The first-order valence-corrected chi connectivity index (χ1v) is 6.96. The number of rotatable bonds is 7. The van der Waals surface area contributed by atoms with Crippen molar-refractivity contribution in [2.24, 2.45) is 5.92 Å². The Balaban J connectivity index is 2.72. The third-order valence-corrected chi connectivity index (χ3v) is 2.82. The number of hydrogen-bond donors (Lipinski definition) is 1. The lowest BCUT2D eigenvalue weighted by Crippen LogP contribution is -2.27. The van der Waals surface area contributed by atoms with Gasteiger partial charge >= 0.3 is 0 Å². The van der Waals surface area contributed by atoms with Gasteiger partial charge in [-0.15, -0.1) is 0 Å². The topological polar surface area (TPSA) is 28.2 Å². The van der Waals surface area contributed by atoms with E-state index < -0.39 is 0 Å². The van der Waals surface area contributed by atoms with E-state index in [9.17, 15) is 0 Å². The van der Waals surface area contributed by atoms with Gasteiger partial charge in [0.1, 0.15) is 0 Å². The van der Waals surface area contributed by atoms with Crippen LogP contribution in [-0.2, 0) is 6.54 Å². The van der Waals surface area contributed by atoms with Crippen molar-refractivity contribution < 1.29 is 0 Å². The Labute approximate surface area is 112 Å². The van der Waals surface area contributed by atoms with Crippen LogP contribution < -0.4 is 10.2 Å². The number of aromatic nitrogens is 1. The van der Waals surface area contributed by atoms with E-state index in [1.165, 1.54) is 5.69 Å². The number of nitrogens with one attached hydrogen (secondary N) is 1. The Morgan fingerprint density at radius 2 is 2.00 bits per heavy atom. The quantitative estimate of drug-likeness (QED) is 0.805. The minimum atomic E-state index is 0.494. The highest BCUT2D eigenvalue weighted by Crippen LogP contribution is 2.16. The van der Waals surface area contributed by atoms with Gasteiger partial charge in [-0.05, 0) is 25.0 Å². The molecule has 0 fully saturated rings. The molecule has 0 radical (unpaired) electrons. The summed E-state index contributed by atoms with van der Waals surface area (Å²) in [6.07, 6.45) is 1.91. The molecule has 1 N–H and O–H groups in total. The van der Waals surface area contributed by atoms with Crippen LogP contribution in [0.15, 0.2) is 18.3 Å². The highest BCUT2D eigenvalue weighted by Gasteiger charge is 2.07. The lowest BCUT2D eigenvalue weighted by molar-refractivity contribution is 0.580. The number of pyridine rings is 1. The van der Waals surface area contributed by atoms with E-state index in [-0.39, 0.29) is 0 Å². The molecule has 0 aliphatic carbocycles. The minimum absolute atomic E-state index is 0.494. The lowest BCUT2D eigenvalue weighted by atomic mass is 10.2. The molecule has 1 aromatic rings. The van der Waals surface area contributed by atoms with Gasteiger partial charge in [0.15, 0.2) is 0 Å². The molecule has 1 aromatic heterocycles. The van der Waals surface area contributed by atoms with Crippen molar-refractivity contribution in [1.29, 1.82) is 0 Å². The van der Waals surface area contributed by atoms with E-state index in [0.29, 0.717) is 12.0 Å². The van der Waals surface area contributed by atoms with Crippen molar-refractivity contribution in [2.45, 2.75) is 47.2 Å². The highest BCUT2D eigenvalue weighted by atomic mass is 15.1. The molecule has 0 saturated heterocycles. The van der Waals surface area contributed by atoms with E-state index in [4.69, 9.17) is 0 Å². The fourth-order valence-corrected chi connectivity index (χ4v) is 1.93. The lowest BCUT2D eigenvalue weighted by Gasteiger charge is -2.25. The van der Waals surface area contributed by atoms with Crippen molar-refractivity contribution in [3.63, 3.8) is 0 Å². The van der Waals surface area contributed by atoms with Gasteiger partial charge in [0.25, 0.3) is 0 Å². The van der Waals surface area contributed by atoms with Crippen molar-refractivity contribution in [3.05, 3.63) is 24.0 Å². The molecular formula is C15H27N3. The van der Waals surface area contributed by atoms with Gasteiger partial charge in [0, 0.05) is 37.6 Å². The standard InChI is InChI=1S/C15H27N3/c1-6-18(11-12(2)3)15-7-8-16-14(9-15)10-17-13(4)5/h7-9,12-13,17H,6,10-11H2,1-5H3. The molecule has 0 spiro atoms. The Morgan fingerprint density at radius 3 is 2.56 bits per heavy atom. The average Bonchev–Trinajstić information content (AvgIpc) is 2.33. The van der Waals surface area contributed by atoms with Gasteiger partial charge in [-0.2, -0.15) is 0 Å². The molecule has 0 atom stereocenters. The summed E-state index contributed by atoms with van der Waals surface area (Å²) in [5.41, 5.74) is 2.39. The minimum Gasteiger partial charge on any atom is -0.371 e. The molecule has 102 valence electrons. The van der Waals surface area contributed by atoms with E-state index in [0.717, 1.165) is 25.3 Å². The summed E-state index contributed by atoms with van der Waals surface area (Å²) in [4.78, 5) is 6.83. The predicted molar refractivity (Wildman–Crippen MR) is 78.9 cm³/mol.